The minimum absolute atomic E-state index is 0.513. The molecule has 3 rings (SSSR count). The zero-order valence-electron chi connectivity index (χ0n) is 12.0. The lowest BCUT2D eigenvalue weighted by Gasteiger charge is -2.14. The van der Waals surface area contributed by atoms with Gasteiger partial charge in [-0.2, -0.15) is 0 Å². The van der Waals surface area contributed by atoms with E-state index in [0.29, 0.717) is 11.8 Å². The Morgan fingerprint density at radius 3 is 2.85 bits per heavy atom. The Bertz CT molecular complexity index is 591. The maximum absolute atomic E-state index is 6.02. The van der Waals surface area contributed by atoms with Gasteiger partial charge in [-0.25, -0.2) is 0 Å². The van der Waals surface area contributed by atoms with Crippen LogP contribution in [-0.2, 0) is 0 Å². The van der Waals surface area contributed by atoms with Gasteiger partial charge in [0.25, 0.3) is 0 Å². The van der Waals surface area contributed by atoms with Crippen molar-refractivity contribution in [3.63, 3.8) is 0 Å². The van der Waals surface area contributed by atoms with Crippen molar-refractivity contribution >= 4 is 11.8 Å². The third kappa shape index (κ3) is 2.85. The zero-order chi connectivity index (χ0) is 13.9. The molecule has 1 nitrogen and oxygen atoms in total. The fourth-order valence-electron chi connectivity index (χ4n) is 2.53. The Labute approximate surface area is 125 Å². The Kier molecular flexibility index (Phi) is 4.02. The van der Waals surface area contributed by atoms with Crippen molar-refractivity contribution in [2.24, 2.45) is 0 Å². The molecule has 1 aliphatic heterocycles. The van der Waals surface area contributed by atoms with Crippen LogP contribution in [0.3, 0.4) is 0 Å². The number of benzene rings is 2. The van der Waals surface area contributed by atoms with Crippen molar-refractivity contribution in [3.05, 3.63) is 59.7 Å². The predicted octanol–water partition coefficient (Wildman–Crippen LogP) is 5.08. The van der Waals surface area contributed by atoms with Crippen LogP contribution in [-0.4, -0.2) is 12.4 Å². The average molecular weight is 284 g/mol. The topological polar surface area (TPSA) is 9.23 Å². The van der Waals surface area contributed by atoms with E-state index in [9.17, 15) is 0 Å². The molecule has 0 saturated carbocycles. The van der Waals surface area contributed by atoms with Gasteiger partial charge in [0.1, 0.15) is 5.75 Å². The minimum atomic E-state index is 0.513. The second-order valence-electron chi connectivity index (χ2n) is 5.58. The molecule has 2 aromatic rings. The molecule has 0 radical (unpaired) electrons. The maximum atomic E-state index is 6.02. The van der Waals surface area contributed by atoms with Crippen molar-refractivity contribution in [2.45, 2.75) is 30.6 Å². The van der Waals surface area contributed by atoms with Gasteiger partial charge in [0.2, 0.25) is 0 Å². The van der Waals surface area contributed by atoms with E-state index in [1.807, 2.05) is 11.8 Å². The average Bonchev–Trinajstić information content (AvgIpc) is 2.89. The van der Waals surface area contributed by atoms with Crippen molar-refractivity contribution < 1.29 is 4.74 Å². The smallest absolute Gasteiger partial charge is 0.119 e. The number of rotatable bonds is 4. The van der Waals surface area contributed by atoms with E-state index in [1.165, 1.54) is 16.0 Å². The second kappa shape index (κ2) is 5.92. The molecule has 0 bridgehead atoms. The highest BCUT2D eigenvalue weighted by Gasteiger charge is 2.23. The zero-order valence-corrected chi connectivity index (χ0v) is 12.8. The highest BCUT2D eigenvalue weighted by molar-refractivity contribution is 7.99. The molecule has 0 aliphatic carbocycles. The van der Waals surface area contributed by atoms with Crippen molar-refractivity contribution in [1.29, 1.82) is 0 Å². The van der Waals surface area contributed by atoms with E-state index in [2.05, 4.69) is 62.4 Å². The highest BCUT2D eigenvalue weighted by atomic mass is 32.2. The van der Waals surface area contributed by atoms with Gasteiger partial charge in [-0.05, 0) is 35.2 Å². The number of ether oxygens (including phenoxy) is 1. The lowest BCUT2D eigenvalue weighted by atomic mass is 10.0. The SMILES string of the molecule is CC(C)c1cccc(OCC2CSc3ccccc32)c1. The standard InChI is InChI=1S/C18H20OS/c1-13(2)14-6-5-7-16(10-14)19-11-15-12-20-18-9-4-3-8-17(15)18/h3-10,13,15H,11-12H2,1-2H3. The van der Waals surface area contributed by atoms with Crippen LogP contribution in [0.4, 0.5) is 0 Å². The molecule has 0 fully saturated rings. The molecule has 1 aliphatic rings. The summed E-state index contributed by atoms with van der Waals surface area (Å²) >= 11 is 1.94. The Hall–Kier alpha value is -1.41. The molecule has 0 saturated heterocycles. The third-order valence-electron chi connectivity index (χ3n) is 3.77. The van der Waals surface area contributed by atoms with Crippen molar-refractivity contribution in [3.8, 4) is 5.75 Å². The van der Waals surface area contributed by atoms with Gasteiger partial charge in [0.05, 0.1) is 6.61 Å². The largest absolute Gasteiger partial charge is 0.493 e. The van der Waals surface area contributed by atoms with Crippen LogP contribution in [0.5, 0.6) is 5.75 Å². The molecule has 0 N–H and O–H groups in total. The number of hydrogen-bond acceptors (Lipinski definition) is 2. The summed E-state index contributed by atoms with van der Waals surface area (Å²) in [6.07, 6.45) is 0. The normalized spacial score (nSPS) is 17.2. The quantitative estimate of drug-likeness (QED) is 0.774. The van der Waals surface area contributed by atoms with Gasteiger partial charge in [-0.1, -0.05) is 44.2 Å². The van der Waals surface area contributed by atoms with Crippen LogP contribution in [0.25, 0.3) is 0 Å². The summed E-state index contributed by atoms with van der Waals surface area (Å²) in [5, 5.41) is 0. The molecule has 20 heavy (non-hydrogen) atoms. The summed E-state index contributed by atoms with van der Waals surface area (Å²) in [6.45, 7) is 5.19. The van der Waals surface area contributed by atoms with Crippen molar-refractivity contribution in [2.75, 3.05) is 12.4 Å². The molecule has 104 valence electrons. The molecule has 1 heterocycles. The van der Waals surface area contributed by atoms with Crippen LogP contribution in [0.1, 0.15) is 36.8 Å². The summed E-state index contributed by atoms with van der Waals surface area (Å²) in [7, 11) is 0. The Morgan fingerprint density at radius 2 is 2.00 bits per heavy atom. The summed E-state index contributed by atoms with van der Waals surface area (Å²) < 4.78 is 6.02. The molecule has 1 unspecified atom stereocenters. The first-order valence-corrected chi connectivity index (χ1v) is 8.17. The van der Waals surface area contributed by atoms with Crippen molar-refractivity contribution in [1.82, 2.24) is 0 Å². The van der Waals surface area contributed by atoms with Gasteiger partial charge in [-0.3, -0.25) is 0 Å². The summed E-state index contributed by atoms with van der Waals surface area (Å²) in [4.78, 5) is 1.41. The monoisotopic (exact) mass is 284 g/mol. The molecule has 0 aromatic heterocycles. The van der Waals surface area contributed by atoms with Crippen LogP contribution >= 0.6 is 11.8 Å². The Balaban J connectivity index is 1.67. The van der Waals surface area contributed by atoms with Gasteiger partial charge >= 0.3 is 0 Å². The lowest BCUT2D eigenvalue weighted by Crippen LogP contribution is -2.09. The molecule has 0 spiro atoms. The van der Waals surface area contributed by atoms with E-state index < -0.39 is 0 Å². The van der Waals surface area contributed by atoms with E-state index in [4.69, 9.17) is 4.74 Å². The van der Waals surface area contributed by atoms with Gasteiger partial charge in [-0.15, -0.1) is 11.8 Å². The van der Waals surface area contributed by atoms with E-state index in [-0.39, 0.29) is 0 Å². The first-order chi connectivity index (χ1) is 9.74. The fraction of sp³-hybridized carbons (Fsp3) is 0.333. The minimum Gasteiger partial charge on any atom is -0.493 e. The van der Waals surface area contributed by atoms with Crippen LogP contribution < -0.4 is 4.74 Å². The van der Waals surface area contributed by atoms with E-state index in [1.54, 1.807) is 0 Å². The molecule has 2 heteroatoms. The maximum Gasteiger partial charge on any atom is 0.119 e. The predicted molar refractivity (Wildman–Crippen MR) is 85.9 cm³/mol. The molecule has 1 atom stereocenters. The van der Waals surface area contributed by atoms with E-state index in [0.717, 1.165) is 18.1 Å². The van der Waals surface area contributed by atoms with Crippen LogP contribution in [0.15, 0.2) is 53.4 Å². The first kappa shape index (κ1) is 13.6. The molecular formula is C18H20OS. The molecular weight excluding hydrogens is 264 g/mol. The third-order valence-corrected chi connectivity index (χ3v) is 5.03. The fourth-order valence-corrected chi connectivity index (χ4v) is 3.76. The summed E-state index contributed by atoms with van der Waals surface area (Å²) in [5.41, 5.74) is 2.78. The summed E-state index contributed by atoms with van der Waals surface area (Å²) in [6, 6.07) is 17.1. The number of thioether (sulfide) groups is 1. The van der Waals surface area contributed by atoms with Crippen LogP contribution in [0, 0.1) is 0 Å². The van der Waals surface area contributed by atoms with Gasteiger partial charge in [0, 0.05) is 16.6 Å². The first-order valence-electron chi connectivity index (χ1n) is 7.18. The highest BCUT2D eigenvalue weighted by Crippen LogP contribution is 2.39. The number of fused-ring (bicyclic) bond motifs is 1. The molecule has 2 aromatic carbocycles. The second-order valence-corrected chi connectivity index (χ2v) is 6.65. The Morgan fingerprint density at radius 1 is 1.15 bits per heavy atom. The molecule has 0 amide bonds. The van der Waals surface area contributed by atoms with Crippen LogP contribution in [0.2, 0.25) is 0 Å². The van der Waals surface area contributed by atoms with Gasteiger partial charge < -0.3 is 4.74 Å². The van der Waals surface area contributed by atoms with E-state index >= 15 is 0 Å². The lowest BCUT2D eigenvalue weighted by molar-refractivity contribution is 0.297. The van der Waals surface area contributed by atoms with Gasteiger partial charge in [0.15, 0.2) is 0 Å². The summed E-state index contributed by atoms with van der Waals surface area (Å²) in [5.74, 6) is 3.18. The number of hydrogen-bond donors (Lipinski definition) is 0.